The second-order valence-electron chi connectivity index (χ2n) is 9.03. The van der Waals surface area contributed by atoms with Crippen molar-refractivity contribution in [2.45, 2.75) is 65.3 Å². The number of halogens is 1. The molecule has 1 heterocycles. The minimum Gasteiger partial charge on any atom is -0.324 e. The van der Waals surface area contributed by atoms with Gasteiger partial charge in [0.2, 0.25) is 5.91 Å². The van der Waals surface area contributed by atoms with E-state index in [0.29, 0.717) is 29.5 Å². The van der Waals surface area contributed by atoms with Crippen LogP contribution < -0.4 is 10.6 Å². The predicted octanol–water partition coefficient (Wildman–Crippen LogP) is 4.50. The summed E-state index contributed by atoms with van der Waals surface area (Å²) in [6, 6.07) is 4.71. The van der Waals surface area contributed by atoms with Crippen LogP contribution in [0.2, 0.25) is 5.02 Å². The molecule has 3 rings (SSSR count). The van der Waals surface area contributed by atoms with Gasteiger partial charge in [-0.05, 0) is 61.6 Å². The molecule has 6 nitrogen and oxygen atoms in total. The molecule has 1 spiro atoms. The maximum absolute atomic E-state index is 13.1. The highest BCUT2D eigenvalue weighted by Gasteiger charge is 2.53. The molecule has 2 fully saturated rings. The number of anilines is 1. The molecule has 7 heteroatoms. The van der Waals surface area contributed by atoms with E-state index in [1.807, 2.05) is 6.92 Å². The average molecular weight is 420 g/mol. The molecule has 29 heavy (non-hydrogen) atoms. The molecule has 1 saturated carbocycles. The summed E-state index contributed by atoms with van der Waals surface area (Å²) >= 11 is 5.99. The SMILES string of the molecule is CCC(C)(C)C1CCC2(CC1)NC(=O)N(CC(=O)Nc1cc(Cl)ccc1C)C2=O. The fraction of sp³-hybridized carbons (Fsp3) is 0.591. The molecule has 1 aliphatic heterocycles. The molecule has 0 unspecified atom stereocenters. The Morgan fingerprint density at radius 1 is 1.31 bits per heavy atom. The quantitative estimate of drug-likeness (QED) is 0.689. The molecule has 1 aromatic rings. The number of urea groups is 1. The maximum atomic E-state index is 13.1. The number of hydrogen-bond acceptors (Lipinski definition) is 3. The van der Waals surface area contributed by atoms with Crippen molar-refractivity contribution in [2.75, 3.05) is 11.9 Å². The number of nitrogens with zero attached hydrogens (tertiary/aromatic N) is 1. The summed E-state index contributed by atoms with van der Waals surface area (Å²) in [6.07, 6.45) is 4.12. The highest BCUT2D eigenvalue weighted by Crippen LogP contribution is 2.45. The smallest absolute Gasteiger partial charge is 0.324 e. The van der Waals surface area contributed by atoms with E-state index in [0.717, 1.165) is 29.7 Å². The minimum atomic E-state index is -0.857. The normalized spacial score (nSPS) is 24.7. The molecule has 0 atom stereocenters. The largest absolute Gasteiger partial charge is 0.325 e. The van der Waals surface area contributed by atoms with Crippen molar-refractivity contribution >= 4 is 35.1 Å². The van der Waals surface area contributed by atoms with Gasteiger partial charge in [-0.3, -0.25) is 14.5 Å². The number of aryl methyl sites for hydroxylation is 1. The number of rotatable bonds is 5. The summed E-state index contributed by atoms with van der Waals surface area (Å²) in [6.45, 7) is 8.26. The van der Waals surface area contributed by atoms with Crippen LogP contribution in [0.4, 0.5) is 10.5 Å². The highest BCUT2D eigenvalue weighted by atomic mass is 35.5. The number of imide groups is 1. The maximum Gasteiger partial charge on any atom is 0.325 e. The van der Waals surface area contributed by atoms with Gasteiger partial charge in [-0.15, -0.1) is 0 Å². The molecule has 0 aromatic heterocycles. The predicted molar refractivity (Wildman–Crippen MR) is 114 cm³/mol. The number of benzene rings is 1. The Morgan fingerprint density at radius 2 is 1.97 bits per heavy atom. The van der Waals surface area contributed by atoms with Crippen LogP contribution in [0.3, 0.4) is 0 Å². The van der Waals surface area contributed by atoms with E-state index in [2.05, 4.69) is 31.4 Å². The summed E-state index contributed by atoms with van der Waals surface area (Å²) in [4.78, 5) is 39.1. The van der Waals surface area contributed by atoms with Crippen molar-refractivity contribution in [1.29, 1.82) is 0 Å². The first-order chi connectivity index (χ1) is 13.6. The third-order valence-corrected chi connectivity index (χ3v) is 7.11. The van der Waals surface area contributed by atoms with Crippen LogP contribution in [0.25, 0.3) is 0 Å². The first-order valence-corrected chi connectivity index (χ1v) is 10.7. The Hall–Kier alpha value is -2.08. The molecule has 1 aromatic carbocycles. The van der Waals surface area contributed by atoms with E-state index < -0.39 is 17.5 Å². The summed E-state index contributed by atoms with van der Waals surface area (Å²) in [5.74, 6) is -0.170. The van der Waals surface area contributed by atoms with Gasteiger partial charge in [0.25, 0.3) is 5.91 Å². The zero-order valence-electron chi connectivity index (χ0n) is 17.6. The van der Waals surface area contributed by atoms with Crippen molar-refractivity contribution in [3.63, 3.8) is 0 Å². The average Bonchev–Trinajstić information content (AvgIpc) is 2.89. The lowest BCUT2D eigenvalue weighted by Gasteiger charge is -2.42. The Morgan fingerprint density at radius 3 is 2.59 bits per heavy atom. The summed E-state index contributed by atoms with van der Waals surface area (Å²) < 4.78 is 0. The second kappa shape index (κ2) is 7.98. The van der Waals surface area contributed by atoms with Crippen LogP contribution in [-0.2, 0) is 9.59 Å². The van der Waals surface area contributed by atoms with Crippen LogP contribution in [0, 0.1) is 18.3 Å². The highest BCUT2D eigenvalue weighted by molar-refractivity contribution is 6.31. The molecule has 0 radical (unpaired) electrons. The Labute approximate surface area is 177 Å². The fourth-order valence-corrected chi connectivity index (χ4v) is 4.57. The lowest BCUT2D eigenvalue weighted by Crippen LogP contribution is -2.51. The molecule has 2 N–H and O–H groups in total. The van der Waals surface area contributed by atoms with Gasteiger partial charge < -0.3 is 10.6 Å². The van der Waals surface area contributed by atoms with E-state index in [9.17, 15) is 14.4 Å². The summed E-state index contributed by atoms with van der Waals surface area (Å²) in [7, 11) is 0. The zero-order chi connectivity index (χ0) is 21.4. The Kier molecular flexibility index (Phi) is 5.95. The first kappa shape index (κ1) is 21.6. The van der Waals surface area contributed by atoms with Gasteiger partial charge in [0.1, 0.15) is 12.1 Å². The topological polar surface area (TPSA) is 78.5 Å². The molecule has 2 aliphatic rings. The molecule has 1 aliphatic carbocycles. The van der Waals surface area contributed by atoms with Gasteiger partial charge in [-0.2, -0.15) is 0 Å². The van der Waals surface area contributed by atoms with Gasteiger partial charge in [-0.1, -0.05) is 44.9 Å². The van der Waals surface area contributed by atoms with Crippen molar-refractivity contribution < 1.29 is 14.4 Å². The van der Waals surface area contributed by atoms with Crippen LogP contribution in [-0.4, -0.2) is 34.8 Å². The second-order valence-corrected chi connectivity index (χ2v) is 9.46. The number of carbonyl (C=O) groups is 3. The summed E-state index contributed by atoms with van der Waals surface area (Å²) in [5, 5.41) is 6.14. The molecular weight excluding hydrogens is 390 g/mol. The fourth-order valence-electron chi connectivity index (χ4n) is 4.40. The molecular formula is C22H30ClN3O3. The van der Waals surface area contributed by atoms with E-state index in [1.54, 1.807) is 18.2 Å². The Bertz CT molecular complexity index is 829. The molecule has 1 saturated heterocycles. The third kappa shape index (κ3) is 4.27. The number of amides is 4. The van der Waals surface area contributed by atoms with Crippen LogP contribution in [0.5, 0.6) is 0 Å². The van der Waals surface area contributed by atoms with Gasteiger partial charge in [-0.25, -0.2) is 4.79 Å². The van der Waals surface area contributed by atoms with Crippen LogP contribution >= 0.6 is 11.6 Å². The van der Waals surface area contributed by atoms with Crippen molar-refractivity contribution in [1.82, 2.24) is 10.2 Å². The summed E-state index contributed by atoms with van der Waals surface area (Å²) in [5.41, 5.74) is 0.797. The monoisotopic (exact) mass is 419 g/mol. The molecule has 158 valence electrons. The van der Waals surface area contributed by atoms with Gasteiger partial charge in [0, 0.05) is 10.7 Å². The number of nitrogens with one attached hydrogen (secondary N) is 2. The zero-order valence-corrected chi connectivity index (χ0v) is 18.4. The third-order valence-electron chi connectivity index (χ3n) is 6.88. The van der Waals surface area contributed by atoms with Crippen molar-refractivity contribution in [3.8, 4) is 0 Å². The standard InChI is InChI=1S/C22H30ClN3O3/c1-5-21(3,4)15-8-10-22(11-9-15)19(28)26(20(29)25-22)13-18(27)24-17-12-16(23)7-6-14(17)2/h6-7,12,15H,5,8-11,13H2,1-4H3,(H,24,27)(H,25,29). The van der Waals surface area contributed by atoms with E-state index in [-0.39, 0.29) is 17.9 Å². The van der Waals surface area contributed by atoms with Crippen LogP contribution in [0.15, 0.2) is 18.2 Å². The van der Waals surface area contributed by atoms with Gasteiger partial charge >= 0.3 is 6.03 Å². The molecule has 4 amide bonds. The number of carbonyl (C=O) groups excluding carboxylic acids is 3. The van der Waals surface area contributed by atoms with Crippen molar-refractivity contribution in [2.24, 2.45) is 11.3 Å². The van der Waals surface area contributed by atoms with E-state index in [4.69, 9.17) is 11.6 Å². The first-order valence-electron chi connectivity index (χ1n) is 10.3. The minimum absolute atomic E-state index is 0.224. The molecule has 0 bridgehead atoms. The van der Waals surface area contributed by atoms with E-state index >= 15 is 0 Å². The van der Waals surface area contributed by atoms with E-state index in [1.165, 1.54) is 0 Å². The van der Waals surface area contributed by atoms with Gasteiger partial charge in [0.05, 0.1) is 0 Å². The van der Waals surface area contributed by atoms with Crippen molar-refractivity contribution in [3.05, 3.63) is 28.8 Å². The van der Waals surface area contributed by atoms with Gasteiger partial charge in [0.15, 0.2) is 0 Å². The number of hydrogen-bond donors (Lipinski definition) is 2. The van der Waals surface area contributed by atoms with Crippen LogP contribution in [0.1, 0.15) is 58.4 Å². The lowest BCUT2D eigenvalue weighted by molar-refractivity contribution is -0.135. The lowest BCUT2D eigenvalue weighted by atomic mass is 9.65. The Balaban J connectivity index is 1.65.